The number of aryl methyl sites for hydroxylation is 1. The number of ether oxygens (including phenoxy) is 1. The third kappa shape index (κ3) is 5.54. The molecule has 4 rings (SSSR count). The lowest BCUT2D eigenvalue weighted by molar-refractivity contribution is 0.0956. The van der Waals surface area contributed by atoms with Crippen LogP contribution in [0.3, 0.4) is 0 Å². The van der Waals surface area contributed by atoms with E-state index in [1.807, 2.05) is 24.4 Å². The van der Waals surface area contributed by atoms with Crippen LogP contribution in [0.4, 0.5) is 0 Å². The number of aromatic nitrogens is 3. The molecule has 2 aromatic heterocycles. The summed E-state index contributed by atoms with van der Waals surface area (Å²) in [5, 5.41) is 11.1. The van der Waals surface area contributed by atoms with Gasteiger partial charge in [-0.25, -0.2) is 9.97 Å². The fraction of sp³-hybridized carbons (Fsp3) is 0.423. The lowest BCUT2D eigenvalue weighted by Gasteiger charge is -2.36. The first-order valence-corrected chi connectivity index (χ1v) is 11.3. The number of fused-ring (bicyclic) bond motifs is 1. The molecule has 1 fully saturated rings. The van der Waals surface area contributed by atoms with Gasteiger partial charge in [0.15, 0.2) is 0 Å². The Morgan fingerprint density at radius 2 is 2.00 bits per heavy atom. The Kier molecular flexibility index (Phi) is 7.52. The Hall–Kier alpha value is -3.17. The van der Waals surface area contributed by atoms with E-state index in [-0.39, 0.29) is 12.5 Å². The number of likely N-dealkylation sites (tertiary alicyclic amines) is 1. The second-order valence-electron chi connectivity index (χ2n) is 8.31. The molecule has 0 unspecified atom stereocenters. The van der Waals surface area contributed by atoms with Gasteiger partial charge in [-0.3, -0.25) is 4.98 Å². The average molecular weight is 431 g/mol. The van der Waals surface area contributed by atoms with Gasteiger partial charge in [-0.15, -0.1) is 0 Å². The van der Waals surface area contributed by atoms with Crippen molar-refractivity contribution in [2.45, 2.75) is 32.1 Å². The summed E-state index contributed by atoms with van der Waals surface area (Å²) in [5.41, 5.74) is 2.31. The third-order valence-corrected chi connectivity index (χ3v) is 6.29. The third-order valence-electron chi connectivity index (χ3n) is 6.29. The van der Waals surface area contributed by atoms with Crippen LogP contribution in [0.25, 0.3) is 10.9 Å². The second kappa shape index (κ2) is 10.9. The summed E-state index contributed by atoms with van der Waals surface area (Å²) in [7, 11) is 1.69. The molecule has 1 saturated heterocycles. The monoisotopic (exact) mass is 430 g/mol. The van der Waals surface area contributed by atoms with Crippen LogP contribution < -0.4 is 4.74 Å². The first-order chi connectivity index (χ1) is 15.8. The molecule has 0 saturated carbocycles. The first kappa shape index (κ1) is 22.0. The predicted octanol–water partition coefficient (Wildman–Crippen LogP) is 3.49. The first-order valence-electron chi connectivity index (χ1n) is 11.3. The van der Waals surface area contributed by atoms with Gasteiger partial charge in [0, 0.05) is 55.6 Å². The van der Waals surface area contributed by atoms with Gasteiger partial charge < -0.3 is 14.7 Å². The minimum absolute atomic E-state index is 0.208. The normalized spacial score (nSPS) is 18.2. The lowest BCUT2D eigenvalue weighted by atomic mass is 9.82. The van der Waals surface area contributed by atoms with Gasteiger partial charge in [0.25, 0.3) is 0 Å². The molecule has 6 nitrogen and oxygen atoms in total. The highest BCUT2D eigenvalue weighted by Crippen LogP contribution is 2.29. The van der Waals surface area contributed by atoms with E-state index in [0.717, 1.165) is 61.2 Å². The van der Waals surface area contributed by atoms with Crippen LogP contribution >= 0.6 is 0 Å². The highest BCUT2D eigenvalue weighted by Gasteiger charge is 2.27. The molecule has 0 amide bonds. The number of rotatable bonds is 7. The second-order valence-corrected chi connectivity index (χ2v) is 8.31. The number of methoxy groups -OCH3 is 1. The Bertz CT molecular complexity index is 1080. The van der Waals surface area contributed by atoms with E-state index >= 15 is 0 Å². The van der Waals surface area contributed by atoms with E-state index in [1.54, 1.807) is 19.5 Å². The quantitative estimate of drug-likeness (QED) is 0.579. The molecular weight excluding hydrogens is 400 g/mol. The van der Waals surface area contributed by atoms with Gasteiger partial charge in [-0.1, -0.05) is 5.92 Å². The van der Waals surface area contributed by atoms with E-state index in [1.165, 1.54) is 5.56 Å². The lowest BCUT2D eigenvalue weighted by Crippen LogP contribution is -2.39. The number of pyridine rings is 1. The molecule has 166 valence electrons. The number of aliphatic hydroxyl groups excluding tert-OH is 1. The maximum absolute atomic E-state index is 9.98. The van der Waals surface area contributed by atoms with E-state index in [2.05, 4.69) is 43.9 Å². The summed E-state index contributed by atoms with van der Waals surface area (Å²) in [4.78, 5) is 15.0. The number of benzene rings is 1. The van der Waals surface area contributed by atoms with Crippen molar-refractivity contribution in [2.24, 2.45) is 11.8 Å². The predicted molar refractivity (Wildman–Crippen MR) is 125 cm³/mol. The molecular formula is C26H30N4O2. The van der Waals surface area contributed by atoms with E-state index in [4.69, 9.17) is 4.74 Å². The van der Waals surface area contributed by atoms with Crippen molar-refractivity contribution in [3.8, 4) is 17.7 Å². The molecule has 0 spiro atoms. The molecule has 1 aliphatic heterocycles. The molecule has 0 radical (unpaired) electrons. The van der Waals surface area contributed by atoms with Crippen LogP contribution in [0.15, 0.2) is 48.9 Å². The Morgan fingerprint density at radius 3 is 2.81 bits per heavy atom. The van der Waals surface area contributed by atoms with E-state index in [9.17, 15) is 5.11 Å². The topological polar surface area (TPSA) is 71.4 Å². The smallest absolute Gasteiger partial charge is 0.140 e. The number of piperidine rings is 1. The molecule has 2 atom stereocenters. The SMILES string of the molecule is COc1ccc2nccc(CCC[C@@H]3CCN(C#CCc4ncccn4)C[C@@H]3CO)c2c1. The maximum Gasteiger partial charge on any atom is 0.140 e. The molecule has 32 heavy (non-hydrogen) atoms. The van der Waals surface area contributed by atoms with Gasteiger partial charge in [0.05, 0.1) is 19.0 Å². The molecule has 6 heteroatoms. The maximum atomic E-state index is 9.98. The zero-order valence-corrected chi connectivity index (χ0v) is 18.6. The minimum atomic E-state index is 0.208. The number of hydrogen-bond acceptors (Lipinski definition) is 6. The van der Waals surface area contributed by atoms with Gasteiger partial charge >= 0.3 is 0 Å². The molecule has 1 N–H and O–H groups in total. The van der Waals surface area contributed by atoms with Crippen LogP contribution in [0.2, 0.25) is 0 Å². The van der Waals surface area contributed by atoms with E-state index < -0.39 is 0 Å². The average Bonchev–Trinajstić information content (AvgIpc) is 2.85. The fourth-order valence-corrected chi connectivity index (χ4v) is 4.50. The molecule has 0 aliphatic carbocycles. The molecule has 0 bridgehead atoms. The van der Waals surface area contributed by atoms with E-state index in [0.29, 0.717) is 12.3 Å². The summed E-state index contributed by atoms with van der Waals surface area (Å²) >= 11 is 0. The highest BCUT2D eigenvalue weighted by atomic mass is 16.5. The largest absolute Gasteiger partial charge is 0.497 e. The Labute approximate surface area is 189 Å². The van der Waals surface area contributed by atoms with Crippen LogP contribution in [-0.4, -0.2) is 51.8 Å². The summed E-state index contributed by atoms with van der Waals surface area (Å²) in [6, 6.07) is 13.2. The van der Waals surface area contributed by atoms with Crippen molar-refractivity contribution in [3.05, 3.63) is 60.3 Å². The van der Waals surface area contributed by atoms with Crippen LogP contribution in [0, 0.1) is 23.8 Å². The molecule has 3 heterocycles. The Balaban J connectivity index is 1.31. The van der Waals surface area contributed by atoms with Crippen LogP contribution in [-0.2, 0) is 12.8 Å². The zero-order valence-electron chi connectivity index (χ0n) is 18.6. The Morgan fingerprint density at radius 1 is 1.12 bits per heavy atom. The minimum Gasteiger partial charge on any atom is -0.497 e. The van der Waals surface area contributed by atoms with Crippen molar-refractivity contribution in [1.29, 1.82) is 0 Å². The number of hydrogen-bond donors (Lipinski definition) is 1. The van der Waals surface area contributed by atoms with Crippen molar-refractivity contribution < 1.29 is 9.84 Å². The highest BCUT2D eigenvalue weighted by molar-refractivity contribution is 5.83. The van der Waals surface area contributed by atoms with Crippen molar-refractivity contribution in [3.63, 3.8) is 0 Å². The summed E-state index contributed by atoms with van der Waals surface area (Å²) in [6.07, 6.45) is 10.2. The van der Waals surface area contributed by atoms with Gasteiger partial charge in [-0.05, 0) is 67.5 Å². The molecule has 3 aromatic rings. The standard InChI is InChI=1S/C26H30N4O2/c1-32-23-8-9-25-24(17-23)21(10-14-27-25)6-2-5-20-11-16-30(18-22(20)19-31)15-3-7-26-28-12-4-13-29-26/h4,8-10,12-14,17,20,22,31H,2,5-7,11,16,18-19H2,1H3/t20-,22-/m1/s1. The van der Waals surface area contributed by atoms with Crippen molar-refractivity contribution in [1.82, 2.24) is 19.9 Å². The summed E-state index contributed by atoms with van der Waals surface area (Å²) < 4.78 is 5.39. The molecule has 1 aliphatic rings. The zero-order chi connectivity index (χ0) is 22.2. The number of aliphatic hydroxyl groups is 1. The van der Waals surface area contributed by atoms with Gasteiger partial charge in [0.2, 0.25) is 0 Å². The van der Waals surface area contributed by atoms with Crippen LogP contribution in [0.1, 0.15) is 30.7 Å². The van der Waals surface area contributed by atoms with Crippen LogP contribution in [0.5, 0.6) is 5.75 Å². The fourth-order valence-electron chi connectivity index (χ4n) is 4.50. The summed E-state index contributed by atoms with van der Waals surface area (Å²) in [5.74, 6) is 5.57. The number of nitrogens with zero attached hydrogens (tertiary/aromatic N) is 4. The van der Waals surface area contributed by atoms with Gasteiger partial charge in [-0.2, -0.15) is 0 Å². The molecule has 1 aromatic carbocycles. The van der Waals surface area contributed by atoms with Crippen molar-refractivity contribution >= 4 is 10.9 Å². The van der Waals surface area contributed by atoms with Gasteiger partial charge in [0.1, 0.15) is 11.6 Å². The van der Waals surface area contributed by atoms with Crippen molar-refractivity contribution in [2.75, 3.05) is 26.8 Å². The summed E-state index contributed by atoms with van der Waals surface area (Å²) in [6.45, 7) is 1.97.